The molecule has 0 spiro atoms. The molecule has 1 aliphatic carbocycles. The van der Waals surface area contributed by atoms with Gasteiger partial charge < -0.3 is 14.6 Å². The van der Waals surface area contributed by atoms with E-state index in [1.54, 1.807) is 17.0 Å². The van der Waals surface area contributed by atoms with Crippen molar-refractivity contribution in [1.82, 2.24) is 4.90 Å². The van der Waals surface area contributed by atoms with Gasteiger partial charge in [0.05, 0.1) is 19.3 Å². The van der Waals surface area contributed by atoms with Crippen molar-refractivity contribution in [1.29, 1.82) is 0 Å². The number of aromatic hydroxyl groups is 1. The van der Waals surface area contributed by atoms with Crippen LogP contribution in [0.25, 0.3) is 0 Å². The normalized spacial score (nSPS) is 21.2. The number of ether oxygens (including phenoxy) is 2. The van der Waals surface area contributed by atoms with Gasteiger partial charge in [-0.15, -0.1) is 0 Å². The summed E-state index contributed by atoms with van der Waals surface area (Å²) in [6.45, 7) is 5.11. The second-order valence-corrected chi connectivity index (χ2v) is 10.0. The molecule has 1 N–H and O–H groups in total. The quantitative estimate of drug-likeness (QED) is 0.460. The average molecular weight is 487 g/mol. The maximum absolute atomic E-state index is 13.7. The number of aryl methyl sites for hydroxylation is 1. The fourth-order valence-corrected chi connectivity index (χ4v) is 5.74. The molecule has 3 aromatic rings. The van der Waals surface area contributed by atoms with Crippen LogP contribution >= 0.6 is 0 Å². The number of methoxy groups -OCH3 is 1. The van der Waals surface area contributed by atoms with Crippen LogP contribution in [0.15, 0.2) is 72.8 Å². The van der Waals surface area contributed by atoms with Gasteiger partial charge in [-0.3, -0.25) is 9.80 Å². The number of nitrogens with zero attached hydrogens (tertiary/aromatic N) is 2. The van der Waals surface area contributed by atoms with Crippen molar-refractivity contribution in [3.8, 4) is 11.5 Å². The summed E-state index contributed by atoms with van der Waals surface area (Å²) in [5, 5.41) is 10.3. The van der Waals surface area contributed by atoms with E-state index in [1.165, 1.54) is 12.7 Å². The Bertz CT molecular complexity index is 1180. The Morgan fingerprint density at radius 1 is 0.972 bits per heavy atom. The lowest BCUT2D eigenvalue weighted by Gasteiger charge is -2.38. The van der Waals surface area contributed by atoms with Gasteiger partial charge in [-0.05, 0) is 54.7 Å². The molecule has 1 heterocycles. The minimum absolute atomic E-state index is 0.0527. The lowest BCUT2D eigenvalue weighted by Crippen LogP contribution is -2.47. The number of piperidine rings is 1. The highest BCUT2D eigenvalue weighted by molar-refractivity contribution is 5.88. The number of phenolic OH excluding ortho intramolecular Hbond substituents is 1. The first kappa shape index (κ1) is 24.2. The second kappa shape index (κ2) is 10.6. The molecule has 3 aromatic carbocycles. The van der Waals surface area contributed by atoms with Gasteiger partial charge in [-0.2, -0.15) is 0 Å². The van der Waals surface area contributed by atoms with E-state index in [0.29, 0.717) is 24.1 Å². The zero-order chi connectivity index (χ0) is 25.1. The fourth-order valence-electron chi connectivity index (χ4n) is 5.74. The summed E-state index contributed by atoms with van der Waals surface area (Å²) >= 11 is 0. The molecule has 6 nitrogen and oxygen atoms in total. The number of likely N-dealkylation sites (tertiary alicyclic amines) is 1. The molecule has 0 radical (unpaired) electrons. The second-order valence-electron chi connectivity index (χ2n) is 10.0. The van der Waals surface area contributed by atoms with Gasteiger partial charge in [0.15, 0.2) is 11.5 Å². The summed E-state index contributed by atoms with van der Waals surface area (Å²) in [7, 11) is 1.52. The SMILES string of the molecule is COc1ccc(CN(C(=O)OC2C3CCC2CN(Cc2ccccc2)C3)c2ccccc2C)cc1O. The van der Waals surface area contributed by atoms with Gasteiger partial charge in [0.2, 0.25) is 0 Å². The summed E-state index contributed by atoms with van der Waals surface area (Å²) < 4.78 is 11.4. The molecule has 36 heavy (non-hydrogen) atoms. The molecule has 1 amide bonds. The van der Waals surface area contributed by atoms with Gasteiger partial charge in [0, 0.05) is 31.5 Å². The lowest BCUT2D eigenvalue weighted by molar-refractivity contribution is -0.0000903. The Kier molecular flexibility index (Phi) is 7.14. The van der Waals surface area contributed by atoms with Crippen molar-refractivity contribution in [2.75, 3.05) is 25.1 Å². The number of para-hydroxylation sites is 1. The molecule has 2 fully saturated rings. The van der Waals surface area contributed by atoms with E-state index in [1.807, 2.05) is 43.3 Å². The van der Waals surface area contributed by atoms with E-state index in [4.69, 9.17) is 9.47 Å². The molecular formula is C30H34N2O4. The van der Waals surface area contributed by atoms with Crippen LogP contribution in [0.3, 0.4) is 0 Å². The predicted molar refractivity (Wildman–Crippen MR) is 140 cm³/mol. The number of carbonyl (C=O) groups is 1. The van der Waals surface area contributed by atoms with E-state index in [-0.39, 0.29) is 17.9 Å². The maximum atomic E-state index is 13.7. The number of hydrogen-bond acceptors (Lipinski definition) is 5. The minimum Gasteiger partial charge on any atom is -0.504 e. The molecular weight excluding hydrogens is 452 g/mol. The van der Waals surface area contributed by atoms with Crippen molar-refractivity contribution in [3.05, 3.63) is 89.5 Å². The largest absolute Gasteiger partial charge is 0.504 e. The monoisotopic (exact) mass is 486 g/mol. The number of carbonyl (C=O) groups excluding carboxylic acids is 1. The number of benzene rings is 3. The van der Waals surface area contributed by atoms with Crippen molar-refractivity contribution >= 4 is 11.8 Å². The molecule has 188 valence electrons. The number of hydrogen-bond donors (Lipinski definition) is 1. The highest BCUT2D eigenvalue weighted by atomic mass is 16.6. The smallest absolute Gasteiger partial charge is 0.414 e. The highest BCUT2D eigenvalue weighted by Gasteiger charge is 2.45. The molecule has 1 aliphatic heterocycles. The highest BCUT2D eigenvalue weighted by Crippen LogP contribution is 2.40. The molecule has 5 rings (SSSR count). The van der Waals surface area contributed by atoms with Crippen LogP contribution in [0, 0.1) is 18.8 Å². The molecule has 2 atom stereocenters. The molecule has 6 heteroatoms. The van der Waals surface area contributed by atoms with Crippen LogP contribution in [0.4, 0.5) is 10.5 Å². The van der Waals surface area contributed by atoms with Crippen molar-refractivity contribution in [2.24, 2.45) is 11.8 Å². The number of fused-ring (bicyclic) bond motifs is 2. The fraction of sp³-hybridized carbons (Fsp3) is 0.367. The van der Waals surface area contributed by atoms with Crippen molar-refractivity contribution < 1.29 is 19.4 Å². The van der Waals surface area contributed by atoms with Gasteiger partial charge in [0.1, 0.15) is 6.10 Å². The number of phenols is 1. The molecule has 2 aliphatic rings. The van der Waals surface area contributed by atoms with Crippen molar-refractivity contribution in [3.63, 3.8) is 0 Å². The predicted octanol–water partition coefficient (Wildman–Crippen LogP) is 5.76. The Morgan fingerprint density at radius 2 is 1.67 bits per heavy atom. The van der Waals surface area contributed by atoms with Crippen LogP contribution < -0.4 is 9.64 Å². The first-order valence-electron chi connectivity index (χ1n) is 12.7. The summed E-state index contributed by atoms with van der Waals surface area (Å²) in [6, 6.07) is 23.6. The third-order valence-corrected chi connectivity index (χ3v) is 7.52. The zero-order valence-electron chi connectivity index (χ0n) is 21.0. The minimum atomic E-state index is -0.335. The van der Waals surface area contributed by atoms with Crippen LogP contribution in [0.5, 0.6) is 11.5 Å². The average Bonchev–Trinajstić information content (AvgIpc) is 3.10. The molecule has 2 bridgehead atoms. The van der Waals surface area contributed by atoms with Crippen LogP contribution in [-0.4, -0.2) is 42.4 Å². The van der Waals surface area contributed by atoms with E-state index in [2.05, 4.69) is 29.2 Å². The van der Waals surface area contributed by atoms with Crippen molar-refractivity contribution in [2.45, 2.75) is 39.0 Å². The molecule has 1 saturated carbocycles. The van der Waals surface area contributed by atoms with Gasteiger partial charge >= 0.3 is 6.09 Å². The maximum Gasteiger partial charge on any atom is 0.414 e. The lowest BCUT2D eigenvalue weighted by atomic mass is 9.94. The van der Waals surface area contributed by atoms with Crippen LogP contribution in [0.1, 0.15) is 29.5 Å². The first-order chi connectivity index (χ1) is 17.5. The summed E-state index contributed by atoms with van der Waals surface area (Å²) in [6.07, 6.45) is 1.77. The first-order valence-corrected chi connectivity index (χ1v) is 12.7. The Balaban J connectivity index is 1.32. The zero-order valence-corrected chi connectivity index (χ0v) is 21.0. The summed E-state index contributed by atoms with van der Waals surface area (Å²) in [5.41, 5.74) is 3.93. The van der Waals surface area contributed by atoms with E-state index >= 15 is 0 Å². The van der Waals surface area contributed by atoms with Gasteiger partial charge in [0.25, 0.3) is 0 Å². The molecule has 2 unspecified atom stereocenters. The van der Waals surface area contributed by atoms with E-state index in [0.717, 1.165) is 49.3 Å². The summed E-state index contributed by atoms with van der Waals surface area (Å²) in [4.78, 5) is 17.9. The van der Waals surface area contributed by atoms with Crippen LogP contribution in [0.2, 0.25) is 0 Å². The Hall–Kier alpha value is -3.51. The van der Waals surface area contributed by atoms with E-state index in [9.17, 15) is 9.90 Å². The Morgan fingerprint density at radius 3 is 2.33 bits per heavy atom. The van der Waals surface area contributed by atoms with E-state index < -0.39 is 0 Å². The summed E-state index contributed by atoms with van der Waals surface area (Å²) in [5.74, 6) is 1.15. The third kappa shape index (κ3) is 5.19. The Labute approximate surface area is 213 Å². The van der Waals surface area contributed by atoms with Gasteiger partial charge in [-0.25, -0.2) is 4.79 Å². The number of anilines is 1. The number of rotatable bonds is 7. The van der Waals surface area contributed by atoms with Crippen LogP contribution in [-0.2, 0) is 17.8 Å². The molecule has 1 saturated heterocycles. The standard InChI is InChI=1S/C30H34N2O4/c1-21-8-6-7-11-26(21)32(18-23-12-15-28(35-2)27(33)16-23)30(34)36-29-24-13-14-25(29)20-31(19-24)17-22-9-4-3-5-10-22/h3-12,15-16,24-25,29,33H,13-14,17-20H2,1-2H3. The van der Waals surface area contributed by atoms with Gasteiger partial charge in [-0.1, -0.05) is 54.6 Å². The topological polar surface area (TPSA) is 62.2 Å². The molecule has 0 aromatic heterocycles. The number of amides is 1. The third-order valence-electron chi connectivity index (χ3n) is 7.52.